The van der Waals surface area contributed by atoms with Gasteiger partial charge in [0.05, 0.1) is 15.7 Å². The Labute approximate surface area is 115 Å². The molecule has 0 aliphatic carbocycles. The topological polar surface area (TPSA) is 60.2 Å². The van der Waals surface area contributed by atoms with Gasteiger partial charge in [0.1, 0.15) is 5.82 Å². The van der Waals surface area contributed by atoms with Crippen LogP contribution in [0.15, 0.2) is 47.4 Å². The largest absolute Gasteiger partial charge is 0.399 e. The summed E-state index contributed by atoms with van der Waals surface area (Å²) in [5.41, 5.74) is 6.27. The second-order valence-electron chi connectivity index (χ2n) is 4.08. The molecule has 19 heavy (non-hydrogen) atoms. The molecule has 0 aromatic heterocycles. The Balaban J connectivity index is 2.38. The summed E-state index contributed by atoms with van der Waals surface area (Å²) >= 11 is 5.88. The highest BCUT2D eigenvalue weighted by Gasteiger charge is 2.19. The van der Waals surface area contributed by atoms with Crippen molar-refractivity contribution in [1.29, 1.82) is 0 Å². The molecule has 0 atom stereocenters. The van der Waals surface area contributed by atoms with Crippen molar-refractivity contribution in [3.8, 4) is 0 Å². The van der Waals surface area contributed by atoms with Crippen LogP contribution in [0.2, 0.25) is 5.02 Å². The summed E-state index contributed by atoms with van der Waals surface area (Å²) in [5.74, 6) is -0.787. The van der Waals surface area contributed by atoms with E-state index in [1.165, 1.54) is 36.4 Å². The first-order chi connectivity index (χ1) is 8.88. The first-order valence-electron chi connectivity index (χ1n) is 5.41. The second-order valence-corrected chi connectivity index (χ2v) is 6.44. The monoisotopic (exact) mass is 299 g/mol. The summed E-state index contributed by atoms with van der Waals surface area (Å²) in [6, 6.07) is 9.64. The van der Waals surface area contributed by atoms with Crippen LogP contribution in [0.25, 0.3) is 0 Å². The predicted molar refractivity (Wildman–Crippen MR) is 73.2 cm³/mol. The molecule has 2 aromatic carbocycles. The third-order valence-corrected chi connectivity index (χ3v) is 4.70. The lowest BCUT2D eigenvalue weighted by atomic mass is 10.2. The summed E-state index contributed by atoms with van der Waals surface area (Å²) in [4.78, 5) is -0.00683. The van der Waals surface area contributed by atoms with Gasteiger partial charge in [0, 0.05) is 5.69 Å². The molecule has 0 heterocycles. The Morgan fingerprint density at radius 1 is 1.16 bits per heavy atom. The van der Waals surface area contributed by atoms with E-state index < -0.39 is 15.7 Å². The minimum atomic E-state index is -3.63. The molecule has 0 fully saturated rings. The number of hydrogen-bond acceptors (Lipinski definition) is 3. The summed E-state index contributed by atoms with van der Waals surface area (Å²) in [5, 5.41) is 0.0661. The lowest BCUT2D eigenvalue weighted by molar-refractivity contribution is 0.594. The van der Waals surface area contributed by atoms with E-state index in [1.54, 1.807) is 6.07 Å². The molecule has 0 amide bonds. The van der Waals surface area contributed by atoms with Crippen LogP contribution in [0.4, 0.5) is 10.1 Å². The molecule has 2 rings (SSSR count). The highest BCUT2D eigenvalue weighted by molar-refractivity contribution is 7.90. The highest BCUT2D eigenvalue weighted by atomic mass is 35.5. The molecule has 2 aromatic rings. The van der Waals surface area contributed by atoms with E-state index in [9.17, 15) is 12.8 Å². The van der Waals surface area contributed by atoms with Gasteiger partial charge in [-0.05, 0) is 35.9 Å². The standard InChI is InChI=1S/C13H11ClFNO2S/c14-12-7-11(16)4-5-13(12)19(17,18)8-9-2-1-3-10(15)6-9/h1-7H,8,16H2. The molecule has 6 heteroatoms. The molecular weight excluding hydrogens is 289 g/mol. The zero-order chi connectivity index (χ0) is 14.0. The van der Waals surface area contributed by atoms with Crippen molar-refractivity contribution in [1.82, 2.24) is 0 Å². The fraction of sp³-hybridized carbons (Fsp3) is 0.0769. The number of hydrogen-bond donors (Lipinski definition) is 1. The molecule has 0 radical (unpaired) electrons. The fourth-order valence-corrected chi connectivity index (χ4v) is 3.64. The third-order valence-electron chi connectivity index (χ3n) is 2.54. The van der Waals surface area contributed by atoms with Gasteiger partial charge in [0.15, 0.2) is 9.84 Å². The van der Waals surface area contributed by atoms with Gasteiger partial charge in [-0.25, -0.2) is 12.8 Å². The van der Waals surface area contributed by atoms with Gasteiger partial charge in [-0.1, -0.05) is 23.7 Å². The number of anilines is 1. The lowest BCUT2D eigenvalue weighted by Crippen LogP contribution is -2.06. The van der Waals surface area contributed by atoms with E-state index >= 15 is 0 Å². The average Bonchev–Trinajstić information content (AvgIpc) is 2.27. The van der Waals surface area contributed by atoms with E-state index in [-0.39, 0.29) is 15.7 Å². The molecule has 0 spiro atoms. The van der Waals surface area contributed by atoms with Crippen LogP contribution in [0.5, 0.6) is 0 Å². The molecule has 0 saturated heterocycles. The van der Waals surface area contributed by atoms with E-state index in [1.807, 2.05) is 0 Å². The highest BCUT2D eigenvalue weighted by Crippen LogP contribution is 2.26. The van der Waals surface area contributed by atoms with Gasteiger partial charge in [-0.15, -0.1) is 0 Å². The maximum atomic E-state index is 13.0. The van der Waals surface area contributed by atoms with Crippen molar-refractivity contribution >= 4 is 27.1 Å². The molecule has 0 aliphatic heterocycles. The Kier molecular flexibility index (Phi) is 3.78. The Bertz CT molecular complexity index is 716. The number of rotatable bonds is 3. The van der Waals surface area contributed by atoms with E-state index in [0.29, 0.717) is 11.3 Å². The van der Waals surface area contributed by atoms with E-state index in [4.69, 9.17) is 17.3 Å². The summed E-state index contributed by atoms with van der Waals surface area (Å²) in [6.45, 7) is 0. The van der Waals surface area contributed by atoms with Gasteiger partial charge in [0.25, 0.3) is 0 Å². The van der Waals surface area contributed by atoms with Crippen LogP contribution in [0.3, 0.4) is 0 Å². The first kappa shape index (κ1) is 13.8. The Hall–Kier alpha value is -1.59. The molecule has 2 N–H and O–H groups in total. The molecule has 3 nitrogen and oxygen atoms in total. The smallest absolute Gasteiger partial charge is 0.183 e. The fourth-order valence-electron chi connectivity index (χ4n) is 1.69. The van der Waals surface area contributed by atoms with Crippen LogP contribution in [0, 0.1) is 5.82 Å². The van der Waals surface area contributed by atoms with Gasteiger partial charge in [0.2, 0.25) is 0 Å². The maximum Gasteiger partial charge on any atom is 0.183 e. The van der Waals surface area contributed by atoms with Gasteiger partial charge >= 0.3 is 0 Å². The van der Waals surface area contributed by atoms with E-state index in [0.717, 1.165) is 0 Å². The molecular formula is C13H11ClFNO2S. The molecule has 0 unspecified atom stereocenters. The van der Waals surface area contributed by atoms with Crippen LogP contribution >= 0.6 is 11.6 Å². The van der Waals surface area contributed by atoms with Gasteiger partial charge in [-0.3, -0.25) is 0 Å². The first-order valence-corrected chi connectivity index (χ1v) is 7.44. The average molecular weight is 300 g/mol. The Morgan fingerprint density at radius 2 is 1.89 bits per heavy atom. The number of nitrogens with two attached hydrogens (primary N) is 1. The van der Waals surface area contributed by atoms with E-state index in [2.05, 4.69) is 0 Å². The Morgan fingerprint density at radius 3 is 2.53 bits per heavy atom. The van der Waals surface area contributed by atoms with Crippen molar-refractivity contribution in [2.45, 2.75) is 10.6 Å². The summed E-state index contributed by atoms with van der Waals surface area (Å²) < 4.78 is 37.4. The van der Waals surface area contributed by atoms with Crippen LogP contribution in [0.1, 0.15) is 5.56 Å². The molecule has 0 bridgehead atoms. The lowest BCUT2D eigenvalue weighted by Gasteiger charge is -2.07. The SMILES string of the molecule is Nc1ccc(S(=O)(=O)Cc2cccc(F)c2)c(Cl)c1. The number of nitrogen functional groups attached to an aromatic ring is 1. The number of sulfone groups is 1. The van der Waals surface area contributed by atoms with Gasteiger partial charge in [-0.2, -0.15) is 0 Å². The third kappa shape index (κ3) is 3.24. The normalized spacial score (nSPS) is 11.5. The zero-order valence-electron chi connectivity index (χ0n) is 9.81. The molecule has 0 aliphatic rings. The molecule has 100 valence electrons. The van der Waals surface area contributed by atoms with Crippen molar-refractivity contribution in [2.75, 3.05) is 5.73 Å². The number of halogens is 2. The minimum Gasteiger partial charge on any atom is -0.399 e. The predicted octanol–water partition coefficient (Wildman–Crippen LogP) is 3.04. The number of benzene rings is 2. The summed E-state index contributed by atoms with van der Waals surface area (Å²) in [7, 11) is -3.63. The van der Waals surface area contributed by atoms with Crippen LogP contribution in [-0.2, 0) is 15.6 Å². The van der Waals surface area contributed by atoms with Crippen LogP contribution in [-0.4, -0.2) is 8.42 Å². The van der Waals surface area contributed by atoms with Gasteiger partial charge < -0.3 is 5.73 Å². The van der Waals surface area contributed by atoms with Crippen molar-refractivity contribution in [2.24, 2.45) is 0 Å². The maximum absolute atomic E-state index is 13.0. The van der Waals surface area contributed by atoms with Crippen LogP contribution < -0.4 is 5.73 Å². The van der Waals surface area contributed by atoms with Crippen molar-refractivity contribution < 1.29 is 12.8 Å². The summed E-state index contributed by atoms with van der Waals surface area (Å²) in [6.07, 6.45) is 0. The molecule has 0 saturated carbocycles. The second kappa shape index (κ2) is 5.19. The van der Waals surface area contributed by atoms with Crippen molar-refractivity contribution in [3.05, 3.63) is 58.9 Å². The van der Waals surface area contributed by atoms with Crippen molar-refractivity contribution in [3.63, 3.8) is 0 Å². The zero-order valence-corrected chi connectivity index (χ0v) is 11.4. The minimum absolute atomic E-state index is 0.00683. The quantitative estimate of drug-likeness (QED) is 0.886.